The molecule has 19 heteroatoms. The largest absolute Gasteiger partial charge is 1.00 e. The molecule has 0 amide bonds. The number of rotatable bonds is 66. The van der Waals surface area contributed by atoms with Crippen molar-refractivity contribution in [3.05, 3.63) is 0 Å². The molecule has 0 aromatic carbocycles. The fourth-order valence-electron chi connectivity index (χ4n) is 10.7. The summed E-state index contributed by atoms with van der Waals surface area (Å²) in [6.45, 7) is 16.2. The van der Waals surface area contributed by atoms with Crippen molar-refractivity contribution in [1.82, 2.24) is 0 Å². The highest BCUT2D eigenvalue weighted by atomic mass is 35.5. The van der Waals surface area contributed by atoms with Crippen molar-refractivity contribution in [2.24, 2.45) is 0 Å². The van der Waals surface area contributed by atoms with E-state index in [1.54, 1.807) is 0 Å². The Kier molecular flexibility index (Phi) is 71.7. The van der Waals surface area contributed by atoms with Gasteiger partial charge in [0.15, 0.2) is 0 Å². The number of unbranched alkanes of at least 4 members (excludes halogenated alkanes) is 30. The number of halogens is 2. The first-order chi connectivity index (χ1) is 39.6. The molecule has 0 aliphatic rings. The topological polar surface area (TPSA) is 186 Å². The Morgan fingerprint density at radius 1 is 0.345 bits per heavy atom. The third-order valence-corrected chi connectivity index (χ3v) is 20.6. The summed E-state index contributed by atoms with van der Waals surface area (Å²) in [6, 6.07) is 1.27. The SMILES string of the molecule is CCCCCCCCCCCCCCCCCC[N+](C)(C)CCC[Si](C)(OCC)OCCOC(CCO)COCCO.CCCCCCCCCCCCCCCCCC[N+](C)(C)CCC[Si](O)(O)OCCOC(CCO)COCCO.[Cl-].[Cl-]. The minimum atomic E-state index is -3.70. The van der Waals surface area contributed by atoms with Gasteiger partial charge in [-0.1, -0.05) is 194 Å². The summed E-state index contributed by atoms with van der Waals surface area (Å²) < 4.78 is 41.8. The first-order valence-corrected chi connectivity index (χ1v) is 38.9. The van der Waals surface area contributed by atoms with Gasteiger partial charge in [-0.05, 0) is 64.5 Å². The van der Waals surface area contributed by atoms with Crippen LogP contribution in [0.25, 0.3) is 0 Å². The van der Waals surface area contributed by atoms with Crippen LogP contribution in [-0.2, 0) is 32.2 Å². The molecule has 0 aromatic heterocycles. The summed E-state index contributed by atoms with van der Waals surface area (Å²) in [5.41, 5.74) is 0. The predicted molar refractivity (Wildman–Crippen MR) is 346 cm³/mol. The van der Waals surface area contributed by atoms with E-state index in [-0.39, 0.29) is 103 Å². The zero-order valence-electron chi connectivity index (χ0n) is 56.2. The van der Waals surface area contributed by atoms with Crippen LogP contribution in [0.15, 0.2) is 0 Å². The standard InChI is InChI=1S/C34H74NO6Si.C31H68NO7Si.2ClH/c1-6-8-9-10-11-12-13-14-15-16-17-18-19-20-21-22-25-35(3,4)26-23-32-42(5,40-7-2)41-31-30-39-34(24-27-36)33-38-29-28-37;1-4-5-6-7-8-9-10-11-12-13-14-15-16-17-18-19-22-32(2,3)23-20-29-40(35,36)39-28-27-38-31(21-24-33)30-37-26-25-34;;/h34,36-37H,6-33H2,1-5H3;31,33-36H,4-30H2,1-3H3;2*1H/q2*+1;;/p-2. The third kappa shape index (κ3) is 66.8. The Hall–Kier alpha value is 0.414. The van der Waals surface area contributed by atoms with Gasteiger partial charge in [-0.2, -0.15) is 0 Å². The molecule has 0 aliphatic heterocycles. The third-order valence-electron chi connectivity index (χ3n) is 15.9. The Morgan fingerprint density at radius 3 is 0.952 bits per heavy atom. The van der Waals surface area contributed by atoms with Crippen molar-refractivity contribution in [1.29, 1.82) is 0 Å². The Labute approximate surface area is 533 Å². The minimum absolute atomic E-state index is 0. The van der Waals surface area contributed by atoms with Crippen LogP contribution in [0.1, 0.15) is 252 Å². The first kappa shape index (κ1) is 90.8. The molecule has 6 N–H and O–H groups in total. The quantitative estimate of drug-likeness (QED) is 0.0207. The minimum Gasteiger partial charge on any atom is -1.00 e. The molecule has 0 saturated carbocycles. The van der Waals surface area contributed by atoms with Crippen molar-refractivity contribution in [3.8, 4) is 0 Å². The van der Waals surface area contributed by atoms with Gasteiger partial charge < -0.3 is 96.0 Å². The zero-order valence-corrected chi connectivity index (χ0v) is 59.7. The van der Waals surface area contributed by atoms with E-state index in [9.17, 15) is 14.7 Å². The van der Waals surface area contributed by atoms with Crippen molar-refractivity contribution >= 4 is 17.4 Å². The molecule has 84 heavy (non-hydrogen) atoms. The van der Waals surface area contributed by atoms with Crippen LogP contribution in [0.3, 0.4) is 0 Å². The van der Waals surface area contributed by atoms with E-state index in [4.69, 9.17) is 47.5 Å². The molecule has 15 nitrogen and oxygen atoms in total. The van der Waals surface area contributed by atoms with Crippen LogP contribution in [0, 0.1) is 0 Å². The van der Waals surface area contributed by atoms with Gasteiger partial charge in [0.1, 0.15) is 0 Å². The van der Waals surface area contributed by atoms with E-state index in [0.29, 0.717) is 45.7 Å². The van der Waals surface area contributed by atoms with Gasteiger partial charge in [0.2, 0.25) is 0 Å². The maximum atomic E-state index is 10.3. The van der Waals surface area contributed by atoms with Gasteiger partial charge in [-0.15, -0.1) is 0 Å². The summed E-state index contributed by atoms with van der Waals surface area (Å²) in [4.78, 5) is 20.6. The second kappa shape index (κ2) is 66.3. The summed E-state index contributed by atoms with van der Waals surface area (Å²) >= 11 is 0. The number of aliphatic hydroxyl groups excluding tert-OH is 4. The van der Waals surface area contributed by atoms with E-state index < -0.39 is 17.4 Å². The van der Waals surface area contributed by atoms with Gasteiger partial charge in [-0.25, -0.2) is 0 Å². The van der Waals surface area contributed by atoms with Crippen LogP contribution in [0.2, 0.25) is 18.6 Å². The fourth-order valence-corrected chi connectivity index (χ4v) is 14.2. The van der Waals surface area contributed by atoms with E-state index >= 15 is 0 Å². The van der Waals surface area contributed by atoms with Gasteiger partial charge in [0.25, 0.3) is 0 Å². The zero-order chi connectivity index (χ0) is 61.0. The second-order valence-electron chi connectivity index (χ2n) is 25.2. The molecule has 0 fully saturated rings. The smallest absolute Gasteiger partial charge is 0.495 e. The number of quaternary nitrogens is 2. The van der Waals surface area contributed by atoms with E-state index in [0.717, 1.165) is 41.1 Å². The molecule has 0 heterocycles. The first-order valence-electron chi connectivity index (χ1n) is 34.4. The lowest BCUT2D eigenvalue weighted by Crippen LogP contribution is -3.00. The molecule has 0 radical (unpaired) electrons. The predicted octanol–water partition coefficient (Wildman–Crippen LogP) is 7.06. The van der Waals surface area contributed by atoms with E-state index in [1.165, 1.54) is 212 Å². The Balaban J connectivity index is -0.000000745. The van der Waals surface area contributed by atoms with Crippen LogP contribution >= 0.6 is 0 Å². The molecule has 0 aromatic rings. The number of ether oxygens (including phenoxy) is 4. The summed E-state index contributed by atoms with van der Waals surface area (Å²) in [5, 5.41) is 36.0. The van der Waals surface area contributed by atoms with E-state index in [1.807, 2.05) is 6.92 Å². The highest BCUT2D eigenvalue weighted by Crippen LogP contribution is 2.20. The normalized spacial score (nSPS) is 13.5. The molecule has 0 bridgehead atoms. The van der Waals surface area contributed by atoms with Crippen LogP contribution in [-0.4, -0.2) is 209 Å². The lowest BCUT2D eigenvalue weighted by molar-refractivity contribution is -0.890. The van der Waals surface area contributed by atoms with E-state index in [2.05, 4.69) is 48.6 Å². The molecule has 3 unspecified atom stereocenters. The Morgan fingerprint density at radius 2 is 0.643 bits per heavy atom. The summed E-state index contributed by atoms with van der Waals surface area (Å²) in [5.74, 6) is 0. The fraction of sp³-hybridized carbons (Fsp3) is 1.00. The molecule has 3 atom stereocenters. The van der Waals surface area contributed by atoms with Gasteiger partial charge >= 0.3 is 17.4 Å². The number of hydrogen-bond donors (Lipinski definition) is 6. The van der Waals surface area contributed by atoms with Crippen molar-refractivity contribution in [2.75, 3.05) is 140 Å². The molecule has 0 spiro atoms. The Bertz CT molecular complexity index is 1280. The van der Waals surface area contributed by atoms with Crippen LogP contribution < -0.4 is 24.8 Å². The highest BCUT2D eigenvalue weighted by molar-refractivity contribution is 6.66. The molecular formula is C65H142Cl2N2O13Si2. The number of hydrogen-bond acceptors (Lipinski definition) is 13. The lowest BCUT2D eigenvalue weighted by atomic mass is 10.0. The number of aliphatic hydroxyl groups is 4. The average molecular weight is 1290 g/mol. The maximum absolute atomic E-state index is 10.3. The van der Waals surface area contributed by atoms with Crippen molar-refractivity contribution in [3.63, 3.8) is 0 Å². The van der Waals surface area contributed by atoms with Crippen LogP contribution in [0.5, 0.6) is 0 Å². The van der Waals surface area contributed by atoms with Crippen molar-refractivity contribution in [2.45, 2.75) is 283 Å². The molecule has 0 aliphatic carbocycles. The monoisotopic (exact) mass is 1280 g/mol. The van der Waals surface area contributed by atoms with Gasteiger partial charge in [0, 0.05) is 32.3 Å². The number of nitrogens with zero attached hydrogens (tertiary/aromatic N) is 2. The van der Waals surface area contributed by atoms with Crippen molar-refractivity contribution < 1.29 is 96.0 Å². The molecule has 512 valence electrons. The van der Waals surface area contributed by atoms with Crippen LogP contribution in [0.4, 0.5) is 0 Å². The second-order valence-corrected chi connectivity index (χ2v) is 30.8. The molecular weight excluding hydrogens is 1140 g/mol. The van der Waals surface area contributed by atoms with Gasteiger partial charge in [0.05, 0.1) is 133 Å². The molecule has 0 rings (SSSR count). The van der Waals surface area contributed by atoms with Gasteiger partial charge in [-0.3, -0.25) is 0 Å². The highest BCUT2D eigenvalue weighted by Gasteiger charge is 2.34. The average Bonchev–Trinajstić information content (AvgIpc) is 3.52. The summed E-state index contributed by atoms with van der Waals surface area (Å²) in [6.07, 6.45) is 47.0. The summed E-state index contributed by atoms with van der Waals surface area (Å²) in [7, 11) is 3.21. The maximum Gasteiger partial charge on any atom is 0.495 e. The molecule has 0 saturated heterocycles. The lowest BCUT2D eigenvalue weighted by Gasteiger charge is -2.32.